The average molecular weight is 291 g/mol. The molecule has 0 aliphatic rings. The summed E-state index contributed by atoms with van der Waals surface area (Å²) in [5, 5.41) is 12.0. The minimum atomic E-state index is -0.484. The Kier molecular flexibility index (Phi) is 6.43. The maximum Gasteiger partial charge on any atom is 0.407 e. The van der Waals surface area contributed by atoms with Crippen LogP contribution in [0.3, 0.4) is 0 Å². The van der Waals surface area contributed by atoms with Crippen LogP contribution in [-0.2, 0) is 11.2 Å². The van der Waals surface area contributed by atoms with Crippen LogP contribution in [0.25, 0.3) is 6.08 Å². The highest BCUT2D eigenvalue weighted by Gasteiger charge is 2.15. The normalized spacial score (nSPS) is 13.2. The second-order valence-electron chi connectivity index (χ2n) is 5.98. The second-order valence-corrected chi connectivity index (χ2v) is 5.98. The van der Waals surface area contributed by atoms with Crippen molar-refractivity contribution in [1.29, 1.82) is 0 Å². The van der Waals surface area contributed by atoms with E-state index in [4.69, 9.17) is 4.74 Å². The van der Waals surface area contributed by atoms with Crippen LogP contribution in [0.2, 0.25) is 0 Å². The van der Waals surface area contributed by atoms with Gasteiger partial charge in [-0.2, -0.15) is 0 Å². The molecule has 0 aliphatic carbocycles. The van der Waals surface area contributed by atoms with E-state index in [1.165, 1.54) is 0 Å². The summed E-state index contributed by atoms with van der Waals surface area (Å²) in [6.07, 6.45) is 3.46. The van der Waals surface area contributed by atoms with Gasteiger partial charge in [0, 0.05) is 6.54 Å². The zero-order valence-corrected chi connectivity index (χ0v) is 13.2. The van der Waals surface area contributed by atoms with Crippen molar-refractivity contribution in [3.63, 3.8) is 0 Å². The first-order valence-electron chi connectivity index (χ1n) is 7.19. The Morgan fingerprint density at radius 1 is 1.38 bits per heavy atom. The molecule has 1 aromatic carbocycles. The third kappa shape index (κ3) is 7.51. The zero-order valence-electron chi connectivity index (χ0n) is 13.2. The molecule has 4 heteroatoms. The van der Waals surface area contributed by atoms with Gasteiger partial charge < -0.3 is 15.2 Å². The summed E-state index contributed by atoms with van der Waals surface area (Å²) < 4.78 is 5.19. The first-order valence-corrected chi connectivity index (χ1v) is 7.19. The molecule has 1 aromatic rings. The molecule has 0 spiro atoms. The number of benzene rings is 1. The standard InChI is InChI=1S/C17H25NO3/c1-13(19)9-10-14-7-5-6-8-15(14)11-12-18-16(20)21-17(2,3)4/h5-10,13,19H,11-12H2,1-4H3,(H,18,20)/b10-9-/t13-/m0/s1. The molecule has 0 heterocycles. The first kappa shape index (κ1) is 17.2. The van der Waals surface area contributed by atoms with E-state index in [9.17, 15) is 9.90 Å². The van der Waals surface area contributed by atoms with Crippen molar-refractivity contribution in [1.82, 2.24) is 5.32 Å². The Hall–Kier alpha value is -1.81. The topological polar surface area (TPSA) is 58.6 Å². The van der Waals surface area contributed by atoms with Gasteiger partial charge in [-0.3, -0.25) is 0 Å². The quantitative estimate of drug-likeness (QED) is 0.876. The fourth-order valence-electron chi connectivity index (χ4n) is 1.78. The molecule has 0 aliphatic heterocycles. The lowest BCUT2D eigenvalue weighted by molar-refractivity contribution is 0.0528. The van der Waals surface area contributed by atoms with Gasteiger partial charge in [0.15, 0.2) is 0 Å². The predicted molar refractivity (Wildman–Crippen MR) is 85.1 cm³/mol. The molecule has 1 rings (SSSR count). The van der Waals surface area contributed by atoms with Gasteiger partial charge in [0.2, 0.25) is 0 Å². The molecule has 0 fully saturated rings. The van der Waals surface area contributed by atoms with Crippen molar-refractivity contribution in [2.45, 2.75) is 45.8 Å². The molecule has 4 nitrogen and oxygen atoms in total. The minimum Gasteiger partial charge on any atom is -0.444 e. The smallest absolute Gasteiger partial charge is 0.407 e. The van der Waals surface area contributed by atoms with Gasteiger partial charge in [0.1, 0.15) is 5.60 Å². The number of carbonyl (C=O) groups is 1. The fourth-order valence-corrected chi connectivity index (χ4v) is 1.78. The number of aliphatic hydroxyl groups is 1. The van der Waals surface area contributed by atoms with E-state index in [2.05, 4.69) is 5.32 Å². The lowest BCUT2D eigenvalue weighted by Gasteiger charge is -2.19. The number of hydrogen-bond donors (Lipinski definition) is 2. The Balaban J connectivity index is 2.54. The number of alkyl carbamates (subject to hydrolysis) is 1. The average Bonchev–Trinajstić information content (AvgIpc) is 2.35. The number of nitrogens with one attached hydrogen (secondary N) is 1. The van der Waals surface area contributed by atoms with Gasteiger partial charge in [0.05, 0.1) is 6.10 Å². The Morgan fingerprint density at radius 3 is 2.67 bits per heavy atom. The zero-order chi connectivity index (χ0) is 15.9. The molecule has 116 valence electrons. The van der Waals surface area contributed by atoms with Gasteiger partial charge in [0.25, 0.3) is 0 Å². The summed E-state index contributed by atoms with van der Waals surface area (Å²) in [5.74, 6) is 0. The summed E-state index contributed by atoms with van der Waals surface area (Å²) in [6.45, 7) is 7.73. The Labute approximate surface area is 126 Å². The molecule has 1 atom stereocenters. The van der Waals surface area contributed by atoms with Crippen LogP contribution in [0.4, 0.5) is 4.79 Å². The summed E-state index contributed by atoms with van der Waals surface area (Å²) >= 11 is 0. The third-order valence-electron chi connectivity index (χ3n) is 2.67. The predicted octanol–water partition coefficient (Wildman–Crippen LogP) is 3.15. The Morgan fingerprint density at radius 2 is 2.05 bits per heavy atom. The number of carbonyl (C=O) groups excluding carboxylic acids is 1. The van der Waals surface area contributed by atoms with Gasteiger partial charge >= 0.3 is 6.09 Å². The molecule has 0 bridgehead atoms. The largest absolute Gasteiger partial charge is 0.444 e. The van der Waals surface area contributed by atoms with Crippen LogP contribution in [0.15, 0.2) is 30.3 Å². The molecule has 0 aromatic heterocycles. The summed E-state index contributed by atoms with van der Waals surface area (Å²) in [6, 6.07) is 7.91. The summed E-state index contributed by atoms with van der Waals surface area (Å²) in [7, 11) is 0. The van der Waals surface area contributed by atoms with Crippen molar-refractivity contribution >= 4 is 12.2 Å². The minimum absolute atomic E-state index is 0.403. The van der Waals surface area contributed by atoms with E-state index < -0.39 is 17.8 Å². The van der Waals surface area contributed by atoms with Crippen molar-refractivity contribution < 1.29 is 14.6 Å². The van der Waals surface area contributed by atoms with Crippen LogP contribution >= 0.6 is 0 Å². The van der Waals surface area contributed by atoms with E-state index in [0.717, 1.165) is 11.1 Å². The molecular formula is C17H25NO3. The highest BCUT2D eigenvalue weighted by atomic mass is 16.6. The highest BCUT2D eigenvalue weighted by molar-refractivity contribution is 5.67. The summed E-state index contributed by atoms with van der Waals surface area (Å²) in [4.78, 5) is 11.6. The van der Waals surface area contributed by atoms with Crippen LogP contribution in [0.5, 0.6) is 0 Å². The third-order valence-corrected chi connectivity index (χ3v) is 2.67. The van der Waals surface area contributed by atoms with Gasteiger partial charge in [-0.1, -0.05) is 36.4 Å². The van der Waals surface area contributed by atoms with Crippen molar-refractivity contribution in [2.24, 2.45) is 0 Å². The van der Waals surface area contributed by atoms with E-state index >= 15 is 0 Å². The van der Waals surface area contributed by atoms with Gasteiger partial charge in [-0.25, -0.2) is 4.79 Å². The van der Waals surface area contributed by atoms with E-state index in [0.29, 0.717) is 13.0 Å². The summed E-state index contributed by atoms with van der Waals surface area (Å²) in [5.41, 5.74) is 1.68. The van der Waals surface area contributed by atoms with Crippen LogP contribution < -0.4 is 5.32 Å². The maximum absolute atomic E-state index is 11.6. The molecule has 0 saturated carbocycles. The van der Waals surface area contributed by atoms with E-state index in [1.54, 1.807) is 13.0 Å². The lowest BCUT2D eigenvalue weighted by atomic mass is 10.0. The molecular weight excluding hydrogens is 266 g/mol. The van der Waals surface area contributed by atoms with E-state index in [1.807, 2.05) is 51.1 Å². The number of aliphatic hydroxyl groups excluding tert-OH is 1. The van der Waals surface area contributed by atoms with Gasteiger partial charge in [-0.05, 0) is 45.2 Å². The number of ether oxygens (including phenoxy) is 1. The number of amides is 1. The lowest BCUT2D eigenvalue weighted by Crippen LogP contribution is -2.33. The SMILES string of the molecule is C[C@H](O)/C=C\c1ccccc1CCNC(=O)OC(C)(C)C. The van der Waals surface area contributed by atoms with Crippen molar-refractivity contribution in [3.05, 3.63) is 41.5 Å². The van der Waals surface area contributed by atoms with Crippen LogP contribution in [-0.4, -0.2) is 29.4 Å². The number of hydrogen-bond acceptors (Lipinski definition) is 3. The van der Waals surface area contributed by atoms with E-state index in [-0.39, 0.29) is 0 Å². The van der Waals surface area contributed by atoms with Crippen LogP contribution in [0.1, 0.15) is 38.8 Å². The molecule has 0 radical (unpaired) electrons. The van der Waals surface area contributed by atoms with Gasteiger partial charge in [-0.15, -0.1) is 0 Å². The molecule has 2 N–H and O–H groups in total. The maximum atomic E-state index is 11.6. The van der Waals surface area contributed by atoms with Crippen molar-refractivity contribution in [2.75, 3.05) is 6.54 Å². The van der Waals surface area contributed by atoms with Crippen LogP contribution in [0, 0.1) is 0 Å². The second kappa shape index (κ2) is 7.84. The Bertz CT molecular complexity index is 487. The molecule has 0 saturated heterocycles. The monoisotopic (exact) mass is 291 g/mol. The van der Waals surface area contributed by atoms with Crippen molar-refractivity contribution in [3.8, 4) is 0 Å². The first-order chi connectivity index (χ1) is 9.78. The molecule has 21 heavy (non-hydrogen) atoms. The highest BCUT2D eigenvalue weighted by Crippen LogP contribution is 2.12. The molecule has 0 unspecified atom stereocenters. The number of rotatable bonds is 5. The fraction of sp³-hybridized carbons (Fsp3) is 0.471. The molecule has 1 amide bonds.